The third-order valence-corrected chi connectivity index (χ3v) is 4.09. The minimum absolute atomic E-state index is 0.122. The van der Waals surface area contributed by atoms with Gasteiger partial charge in [0.2, 0.25) is 0 Å². The highest BCUT2D eigenvalue weighted by molar-refractivity contribution is 6.33. The van der Waals surface area contributed by atoms with Crippen LogP contribution in [0.3, 0.4) is 0 Å². The topological polar surface area (TPSA) is 41.1 Å². The fourth-order valence-corrected chi connectivity index (χ4v) is 2.81. The zero-order chi connectivity index (χ0) is 16.2. The average molecular weight is 325 g/mol. The number of fused-ring (bicyclic) bond motifs is 1. The number of rotatable bonds is 3. The van der Waals surface area contributed by atoms with Crippen LogP contribution in [0.4, 0.5) is 10.5 Å². The summed E-state index contributed by atoms with van der Waals surface area (Å²) in [5, 5.41) is 8.54. The molecule has 0 aliphatic rings. The summed E-state index contributed by atoms with van der Waals surface area (Å²) in [6, 6.07) is 21.0. The van der Waals surface area contributed by atoms with E-state index in [1.54, 1.807) is 12.1 Å². The van der Waals surface area contributed by atoms with Crippen LogP contribution in [0, 0.1) is 0 Å². The summed E-state index contributed by atoms with van der Waals surface area (Å²) in [6.45, 7) is 1.97. The number of hydrogen-bond acceptors (Lipinski definition) is 1. The van der Waals surface area contributed by atoms with E-state index < -0.39 is 0 Å². The zero-order valence-corrected chi connectivity index (χ0v) is 13.5. The molecule has 0 saturated carbocycles. The Morgan fingerprint density at radius 3 is 2.48 bits per heavy atom. The van der Waals surface area contributed by atoms with Gasteiger partial charge in [-0.05, 0) is 35.4 Å². The van der Waals surface area contributed by atoms with Crippen molar-refractivity contribution in [3.63, 3.8) is 0 Å². The fraction of sp³-hybridized carbons (Fsp3) is 0.105. The Morgan fingerprint density at radius 1 is 0.957 bits per heavy atom. The maximum Gasteiger partial charge on any atom is 0.319 e. The van der Waals surface area contributed by atoms with Crippen LogP contribution in [0.25, 0.3) is 10.8 Å². The van der Waals surface area contributed by atoms with E-state index in [9.17, 15) is 4.79 Å². The lowest BCUT2D eigenvalue weighted by Gasteiger charge is -2.17. The van der Waals surface area contributed by atoms with Crippen molar-refractivity contribution in [2.75, 3.05) is 5.32 Å². The molecule has 2 N–H and O–H groups in total. The number of carbonyl (C=O) groups excluding carboxylic acids is 1. The number of para-hydroxylation sites is 1. The Morgan fingerprint density at radius 2 is 1.65 bits per heavy atom. The molecule has 3 rings (SSSR count). The van der Waals surface area contributed by atoms with E-state index in [2.05, 4.69) is 28.8 Å². The second-order valence-corrected chi connectivity index (χ2v) is 5.78. The van der Waals surface area contributed by atoms with Crippen LogP contribution >= 0.6 is 11.6 Å². The van der Waals surface area contributed by atoms with Crippen molar-refractivity contribution in [2.24, 2.45) is 0 Å². The second kappa shape index (κ2) is 6.71. The molecule has 116 valence electrons. The van der Waals surface area contributed by atoms with Gasteiger partial charge in [-0.3, -0.25) is 0 Å². The predicted octanol–water partition coefficient (Wildman–Crippen LogP) is 5.38. The van der Waals surface area contributed by atoms with Crippen LogP contribution in [-0.4, -0.2) is 6.03 Å². The van der Waals surface area contributed by atoms with Gasteiger partial charge in [-0.2, -0.15) is 0 Å². The molecule has 3 aromatic rings. The predicted molar refractivity (Wildman–Crippen MR) is 96.0 cm³/mol. The minimum Gasteiger partial charge on any atom is -0.331 e. The number of benzene rings is 3. The molecule has 1 atom stereocenters. The fourth-order valence-electron chi connectivity index (χ4n) is 2.62. The first kappa shape index (κ1) is 15.4. The number of urea groups is 1. The molecule has 0 bridgehead atoms. The quantitative estimate of drug-likeness (QED) is 0.667. The van der Waals surface area contributed by atoms with Gasteiger partial charge >= 0.3 is 6.03 Å². The molecule has 0 fully saturated rings. The first-order valence-electron chi connectivity index (χ1n) is 7.45. The summed E-state index contributed by atoms with van der Waals surface area (Å²) in [7, 11) is 0. The molecule has 0 spiro atoms. The van der Waals surface area contributed by atoms with Gasteiger partial charge in [-0.25, -0.2) is 4.79 Å². The van der Waals surface area contributed by atoms with Crippen molar-refractivity contribution in [3.05, 3.63) is 77.3 Å². The molecule has 0 aromatic heterocycles. The molecule has 0 heterocycles. The molecule has 3 aromatic carbocycles. The van der Waals surface area contributed by atoms with Crippen molar-refractivity contribution >= 4 is 34.1 Å². The van der Waals surface area contributed by atoms with Gasteiger partial charge in [0.1, 0.15) is 0 Å². The van der Waals surface area contributed by atoms with Gasteiger partial charge in [0, 0.05) is 0 Å². The SMILES string of the molecule is CC(NC(=O)Nc1ccccc1Cl)c1cccc2ccccc12. The molecular weight excluding hydrogens is 308 g/mol. The highest BCUT2D eigenvalue weighted by Crippen LogP contribution is 2.24. The van der Waals surface area contributed by atoms with Gasteiger partial charge in [0.15, 0.2) is 0 Å². The molecule has 0 aliphatic heterocycles. The van der Waals surface area contributed by atoms with Crippen molar-refractivity contribution in [1.29, 1.82) is 0 Å². The Labute approximate surface area is 140 Å². The number of amides is 2. The normalized spacial score (nSPS) is 11.9. The summed E-state index contributed by atoms with van der Waals surface area (Å²) >= 11 is 6.06. The van der Waals surface area contributed by atoms with Gasteiger partial charge in [0.25, 0.3) is 0 Å². The maximum absolute atomic E-state index is 12.2. The molecule has 0 saturated heterocycles. The van der Waals surface area contributed by atoms with Crippen LogP contribution in [0.2, 0.25) is 5.02 Å². The highest BCUT2D eigenvalue weighted by atomic mass is 35.5. The third kappa shape index (κ3) is 3.46. The van der Waals surface area contributed by atoms with Gasteiger partial charge < -0.3 is 10.6 Å². The van der Waals surface area contributed by atoms with E-state index >= 15 is 0 Å². The zero-order valence-electron chi connectivity index (χ0n) is 12.7. The van der Waals surface area contributed by atoms with Gasteiger partial charge in [-0.15, -0.1) is 0 Å². The van der Waals surface area contributed by atoms with E-state index in [1.165, 1.54) is 0 Å². The molecule has 23 heavy (non-hydrogen) atoms. The average Bonchev–Trinajstić information content (AvgIpc) is 2.56. The lowest BCUT2D eigenvalue weighted by atomic mass is 10.00. The third-order valence-electron chi connectivity index (χ3n) is 3.76. The number of anilines is 1. The maximum atomic E-state index is 12.2. The van der Waals surface area contributed by atoms with Gasteiger partial charge in [-0.1, -0.05) is 66.2 Å². The van der Waals surface area contributed by atoms with Crippen LogP contribution in [-0.2, 0) is 0 Å². The standard InChI is InChI=1S/C19H17ClN2O/c1-13(15-10-6-8-14-7-2-3-9-16(14)15)21-19(23)22-18-12-5-4-11-17(18)20/h2-13H,1H3,(H2,21,22,23). The Bertz CT molecular complexity index is 842. The van der Waals surface area contributed by atoms with Crippen molar-refractivity contribution in [2.45, 2.75) is 13.0 Å². The molecule has 0 radical (unpaired) electrons. The summed E-state index contributed by atoms with van der Waals surface area (Å²) in [5.74, 6) is 0. The lowest BCUT2D eigenvalue weighted by Crippen LogP contribution is -2.31. The molecule has 4 heteroatoms. The number of halogens is 1. The summed E-state index contributed by atoms with van der Waals surface area (Å²) in [5.41, 5.74) is 1.68. The molecule has 3 nitrogen and oxygen atoms in total. The van der Waals surface area contributed by atoms with Crippen LogP contribution in [0.15, 0.2) is 66.7 Å². The molecular formula is C19H17ClN2O. The number of nitrogens with one attached hydrogen (secondary N) is 2. The smallest absolute Gasteiger partial charge is 0.319 e. The minimum atomic E-state index is -0.279. The van der Waals surface area contributed by atoms with E-state index in [0.29, 0.717) is 10.7 Å². The Hall–Kier alpha value is -2.52. The monoisotopic (exact) mass is 324 g/mol. The summed E-state index contributed by atoms with van der Waals surface area (Å²) in [6.07, 6.45) is 0. The molecule has 1 unspecified atom stereocenters. The summed E-state index contributed by atoms with van der Waals surface area (Å²) < 4.78 is 0. The van der Waals surface area contributed by atoms with E-state index in [0.717, 1.165) is 16.3 Å². The van der Waals surface area contributed by atoms with Crippen molar-refractivity contribution < 1.29 is 4.79 Å². The van der Waals surface area contributed by atoms with Gasteiger partial charge in [0.05, 0.1) is 16.8 Å². The first-order chi connectivity index (χ1) is 11.1. The van der Waals surface area contributed by atoms with Crippen molar-refractivity contribution in [3.8, 4) is 0 Å². The van der Waals surface area contributed by atoms with E-state index in [1.807, 2.05) is 43.3 Å². The Balaban J connectivity index is 1.77. The number of hydrogen-bond donors (Lipinski definition) is 2. The number of carbonyl (C=O) groups is 1. The van der Waals surface area contributed by atoms with E-state index in [-0.39, 0.29) is 12.1 Å². The lowest BCUT2D eigenvalue weighted by molar-refractivity contribution is 0.249. The van der Waals surface area contributed by atoms with Crippen LogP contribution < -0.4 is 10.6 Å². The molecule has 2 amide bonds. The first-order valence-corrected chi connectivity index (χ1v) is 7.82. The highest BCUT2D eigenvalue weighted by Gasteiger charge is 2.12. The molecule has 0 aliphatic carbocycles. The van der Waals surface area contributed by atoms with Crippen molar-refractivity contribution in [1.82, 2.24) is 5.32 Å². The van der Waals surface area contributed by atoms with E-state index in [4.69, 9.17) is 11.6 Å². The second-order valence-electron chi connectivity index (χ2n) is 5.37. The van der Waals surface area contributed by atoms with Crippen LogP contribution in [0.1, 0.15) is 18.5 Å². The largest absolute Gasteiger partial charge is 0.331 e. The summed E-state index contributed by atoms with van der Waals surface area (Å²) in [4.78, 5) is 12.2. The Kier molecular flexibility index (Phi) is 4.49. The van der Waals surface area contributed by atoms with Crippen LogP contribution in [0.5, 0.6) is 0 Å².